The van der Waals surface area contributed by atoms with Crippen LogP contribution in [0.1, 0.15) is 40.5 Å². The first-order chi connectivity index (χ1) is 6.39. The highest BCUT2D eigenvalue weighted by Crippen LogP contribution is 2.08. The van der Waals surface area contributed by atoms with E-state index in [0.717, 1.165) is 17.3 Å². The summed E-state index contributed by atoms with van der Waals surface area (Å²) in [5.41, 5.74) is -0.411. The highest BCUT2D eigenvalue weighted by atomic mass is 127. The molecule has 0 fully saturated rings. The van der Waals surface area contributed by atoms with Crippen LogP contribution in [-0.2, 0) is 4.74 Å². The molecule has 0 radical (unpaired) electrons. The fourth-order valence-electron chi connectivity index (χ4n) is 1.01. The molecule has 0 rings (SSSR count). The van der Waals surface area contributed by atoms with Crippen LogP contribution in [0.4, 0.5) is 4.79 Å². The van der Waals surface area contributed by atoms with Gasteiger partial charge in [-0.05, 0) is 27.2 Å². The van der Waals surface area contributed by atoms with Gasteiger partial charge in [-0.2, -0.15) is 0 Å². The minimum Gasteiger partial charge on any atom is -0.444 e. The van der Waals surface area contributed by atoms with Gasteiger partial charge in [0.1, 0.15) is 5.60 Å². The summed E-state index contributed by atoms with van der Waals surface area (Å²) in [7, 11) is 0. The van der Waals surface area contributed by atoms with Crippen molar-refractivity contribution in [2.45, 2.75) is 52.2 Å². The van der Waals surface area contributed by atoms with E-state index in [-0.39, 0.29) is 12.1 Å². The van der Waals surface area contributed by atoms with Crippen molar-refractivity contribution in [3.8, 4) is 0 Å². The van der Waals surface area contributed by atoms with E-state index >= 15 is 0 Å². The van der Waals surface area contributed by atoms with Gasteiger partial charge in [0.05, 0.1) is 0 Å². The summed E-state index contributed by atoms with van der Waals surface area (Å²) in [6, 6.07) is 0.232. The zero-order chi connectivity index (χ0) is 11.2. The van der Waals surface area contributed by atoms with E-state index in [0.29, 0.717) is 0 Å². The molecule has 0 saturated carbocycles. The number of nitrogens with one attached hydrogen (secondary N) is 1. The van der Waals surface area contributed by atoms with Crippen molar-refractivity contribution in [3.63, 3.8) is 0 Å². The number of carbonyl (C=O) groups excluding carboxylic acids is 1. The number of carbonyl (C=O) groups is 1. The number of rotatable bonds is 4. The molecule has 14 heavy (non-hydrogen) atoms. The predicted molar refractivity (Wildman–Crippen MR) is 67.0 cm³/mol. The Bertz CT molecular complexity index is 177. The predicted octanol–water partition coefficient (Wildman–Crippen LogP) is 3.11. The van der Waals surface area contributed by atoms with Crippen LogP contribution >= 0.6 is 22.6 Å². The van der Waals surface area contributed by atoms with Crippen LogP contribution in [0, 0.1) is 0 Å². The highest BCUT2D eigenvalue weighted by molar-refractivity contribution is 14.1. The Morgan fingerprint density at radius 1 is 1.50 bits per heavy atom. The molecule has 0 aliphatic rings. The van der Waals surface area contributed by atoms with Gasteiger partial charge in [-0.3, -0.25) is 0 Å². The van der Waals surface area contributed by atoms with Crippen molar-refractivity contribution in [2.24, 2.45) is 0 Å². The summed E-state index contributed by atoms with van der Waals surface area (Å²) in [6.45, 7) is 7.71. The topological polar surface area (TPSA) is 38.3 Å². The molecule has 1 amide bonds. The molecular formula is C10H20INO2. The standard InChI is InChI=1S/C10H20INO2/c1-5-6-8(7-11)12-9(13)14-10(2,3)4/h8H,5-7H2,1-4H3,(H,12,13). The van der Waals surface area contributed by atoms with Crippen molar-refractivity contribution in [2.75, 3.05) is 4.43 Å². The van der Waals surface area contributed by atoms with E-state index in [9.17, 15) is 4.79 Å². The maximum absolute atomic E-state index is 11.4. The molecular weight excluding hydrogens is 293 g/mol. The Morgan fingerprint density at radius 2 is 2.07 bits per heavy atom. The van der Waals surface area contributed by atoms with E-state index in [1.165, 1.54) is 0 Å². The minimum atomic E-state index is -0.411. The van der Waals surface area contributed by atoms with Crippen LogP contribution in [0.3, 0.4) is 0 Å². The highest BCUT2D eigenvalue weighted by Gasteiger charge is 2.18. The van der Waals surface area contributed by atoms with Crippen molar-refractivity contribution >= 4 is 28.7 Å². The first kappa shape index (κ1) is 14.0. The lowest BCUT2D eigenvalue weighted by Crippen LogP contribution is -2.39. The molecule has 0 aromatic carbocycles. The van der Waals surface area contributed by atoms with Crippen LogP contribution < -0.4 is 5.32 Å². The summed E-state index contributed by atoms with van der Waals surface area (Å²) in [4.78, 5) is 11.4. The molecule has 1 unspecified atom stereocenters. The fraction of sp³-hybridized carbons (Fsp3) is 0.900. The number of amides is 1. The Hall–Kier alpha value is 0. The number of ether oxygens (including phenoxy) is 1. The Labute approximate surface area is 100 Å². The third kappa shape index (κ3) is 7.41. The van der Waals surface area contributed by atoms with Crippen molar-refractivity contribution in [1.29, 1.82) is 0 Å². The third-order valence-corrected chi connectivity index (χ3v) is 2.61. The lowest BCUT2D eigenvalue weighted by molar-refractivity contribution is 0.0508. The maximum atomic E-state index is 11.4. The van der Waals surface area contributed by atoms with Gasteiger partial charge in [0.15, 0.2) is 0 Å². The van der Waals surface area contributed by atoms with Crippen molar-refractivity contribution in [3.05, 3.63) is 0 Å². The van der Waals surface area contributed by atoms with Gasteiger partial charge >= 0.3 is 6.09 Å². The number of hydrogen-bond acceptors (Lipinski definition) is 2. The van der Waals surface area contributed by atoms with E-state index in [2.05, 4.69) is 34.8 Å². The molecule has 1 N–H and O–H groups in total. The van der Waals surface area contributed by atoms with Gasteiger partial charge in [-0.15, -0.1) is 0 Å². The number of hydrogen-bond donors (Lipinski definition) is 1. The van der Waals surface area contributed by atoms with Gasteiger partial charge in [0.25, 0.3) is 0 Å². The van der Waals surface area contributed by atoms with Gasteiger partial charge in [-0.1, -0.05) is 35.9 Å². The molecule has 0 aromatic rings. The second-order valence-corrected chi connectivity index (χ2v) is 5.17. The SMILES string of the molecule is CCCC(CI)NC(=O)OC(C)(C)C. The van der Waals surface area contributed by atoms with Gasteiger partial charge in [0.2, 0.25) is 0 Å². The molecule has 1 atom stereocenters. The summed E-state index contributed by atoms with van der Waals surface area (Å²) in [5, 5.41) is 2.86. The Morgan fingerprint density at radius 3 is 2.43 bits per heavy atom. The van der Waals surface area contributed by atoms with Crippen LogP contribution in [-0.4, -0.2) is 22.2 Å². The van der Waals surface area contributed by atoms with Gasteiger partial charge < -0.3 is 10.1 Å². The Kier molecular flexibility index (Phi) is 6.48. The zero-order valence-corrected chi connectivity index (χ0v) is 11.6. The lowest BCUT2D eigenvalue weighted by atomic mass is 10.2. The molecule has 0 saturated heterocycles. The molecule has 84 valence electrons. The van der Waals surface area contributed by atoms with Crippen LogP contribution in [0.5, 0.6) is 0 Å². The van der Waals surface area contributed by atoms with E-state index in [1.807, 2.05) is 20.8 Å². The van der Waals surface area contributed by atoms with E-state index in [1.54, 1.807) is 0 Å². The second kappa shape index (κ2) is 6.48. The van der Waals surface area contributed by atoms with Crippen LogP contribution in [0.25, 0.3) is 0 Å². The van der Waals surface area contributed by atoms with Crippen molar-refractivity contribution < 1.29 is 9.53 Å². The molecule has 0 heterocycles. The molecule has 3 nitrogen and oxygen atoms in total. The molecule has 0 bridgehead atoms. The monoisotopic (exact) mass is 313 g/mol. The van der Waals surface area contributed by atoms with Crippen LogP contribution in [0.15, 0.2) is 0 Å². The van der Waals surface area contributed by atoms with Crippen LogP contribution in [0.2, 0.25) is 0 Å². The molecule has 0 aliphatic carbocycles. The average molecular weight is 313 g/mol. The molecule has 0 spiro atoms. The second-order valence-electron chi connectivity index (χ2n) is 4.29. The zero-order valence-electron chi connectivity index (χ0n) is 9.39. The number of alkyl carbamates (subject to hydrolysis) is 1. The quantitative estimate of drug-likeness (QED) is 0.640. The van der Waals surface area contributed by atoms with Crippen molar-refractivity contribution in [1.82, 2.24) is 5.32 Å². The van der Waals surface area contributed by atoms with Gasteiger partial charge in [0, 0.05) is 10.5 Å². The molecule has 0 aromatic heterocycles. The largest absolute Gasteiger partial charge is 0.444 e. The number of halogens is 1. The number of alkyl halides is 1. The summed E-state index contributed by atoms with van der Waals surface area (Å²) in [5.74, 6) is 0. The smallest absolute Gasteiger partial charge is 0.407 e. The normalized spacial score (nSPS) is 13.5. The average Bonchev–Trinajstić information content (AvgIpc) is 2.00. The lowest BCUT2D eigenvalue weighted by Gasteiger charge is -2.22. The fourth-order valence-corrected chi connectivity index (χ4v) is 1.67. The Balaban J connectivity index is 3.91. The van der Waals surface area contributed by atoms with E-state index < -0.39 is 5.60 Å². The first-order valence-electron chi connectivity index (χ1n) is 4.94. The maximum Gasteiger partial charge on any atom is 0.407 e. The molecule has 0 aliphatic heterocycles. The third-order valence-electron chi connectivity index (χ3n) is 1.54. The molecule has 4 heteroatoms. The summed E-state index contributed by atoms with van der Waals surface area (Å²) < 4.78 is 6.08. The van der Waals surface area contributed by atoms with E-state index in [4.69, 9.17) is 4.74 Å². The summed E-state index contributed by atoms with van der Waals surface area (Å²) in [6.07, 6.45) is 1.76. The summed E-state index contributed by atoms with van der Waals surface area (Å²) >= 11 is 2.27. The minimum absolute atomic E-state index is 0.232. The van der Waals surface area contributed by atoms with Gasteiger partial charge in [-0.25, -0.2) is 4.79 Å². The first-order valence-corrected chi connectivity index (χ1v) is 6.47.